The van der Waals surface area contributed by atoms with E-state index in [1.807, 2.05) is 0 Å². The Morgan fingerprint density at radius 1 is 1.29 bits per heavy atom. The summed E-state index contributed by atoms with van der Waals surface area (Å²) in [6.07, 6.45) is 2.73. The highest BCUT2D eigenvalue weighted by Crippen LogP contribution is 2.41. The van der Waals surface area contributed by atoms with E-state index in [0.29, 0.717) is 12.5 Å². The van der Waals surface area contributed by atoms with E-state index >= 15 is 0 Å². The normalized spacial score (nSPS) is 16.3. The minimum absolute atomic E-state index is 0.610. The Morgan fingerprint density at radius 3 is 2.50 bits per heavy atom. The summed E-state index contributed by atoms with van der Waals surface area (Å²) in [5.41, 5.74) is 9.95. The maximum Gasteiger partial charge on any atom is 0.0178 e. The molecule has 1 aromatic carbocycles. The molecule has 2 N–H and O–H groups in total. The highest BCUT2D eigenvalue weighted by Gasteiger charge is 2.24. The molecule has 1 saturated carbocycles. The summed E-state index contributed by atoms with van der Waals surface area (Å²) in [5.74, 6) is 1.44. The third kappa shape index (κ3) is 1.98. The lowest BCUT2D eigenvalue weighted by molar-refractivity contribution is 0.855. The van der Waals surface area contributed by atoms with Crippen LogP contribution in [-0.4, -0.2) is 0 Å². The molecule has 1 aliphatic carbocycles. The van der Waals surface area contributed by atoms with E-state index < -0.39 is 0 Å². The molecule has 0 atom stereocenters. The van der Waals surface area contributed by atoms with Gasteiger partial charge in [0.2, 0.25) is 0 Å². The summed E-state index contributed by atoms with van der Waals surface area (Å²) in [6.45, 7) is 5.15. The molecule has 0 heterocycles. The predicted molar refractivity (Wildman–Crippen MR) is 60.4 cm³/mol. The zero-order valence-corrected chi connectivity index (χ0v) is 9.09. The second-order valence-corrected chi connectivity index (χ2v) is 4.64. The monoisotopic (exact) mass is 189 g/mol. The van der Waals surface area contributed by atoms with Gasteiger partial charge in [-0.2, -0.15) is 0 Å². The van der Waals surface area contributed by atoms with Crippen LogP contribution < -0.4 is 5.73 Å². The first-order valence-corrected chi connectivity index (χ1v) is 5.54. The second-order valence-electron chi connectivity index (χ2n) is 4.64. The summed E-state index contributed by atoms with van der Waals surface area (Å²) >= 11 is 0. The lowest BCUT2D eigenvalue weighted by Crippen LogP contribution is -2.00. The fraction of sp³-hybridized carbons (Fsp3) is 0.538. The first-order valence-electron chi connectivity index (χ1n) is 5.54. The van der Waals surface area contributed by atoms with Crippen LogP contribution in [0, 0.1) is 0 Å². The maximum absolute atomic E-state index is 5.71. The van der Waals surface area contributed by atoms with Gasteiger partial charge in [-0.25, -0.2) is 0 Å². The third-order valence-electron chi connectivity index (χ3n) is 2.99. The van der Waals surface area contributed by atoms with Crippen molar-refractivity contribution in [2.24, 2.45) is 5.73 Å². The van der Waals surface area contributed by atoms with Gasteiger partial charge in [-0.3, -0.25) is 0 Å². The number of rotatable bonds is 3. The Bertz CT molecular complexity index is 304. The fourth-order valence-corrected chi connectivity index (χ4v) is 1.85. The van der Waals surface area contributed by atoms with E-state index in [1.165, 1.54) is 29.5 Å². The minimum atomic E-state index is 0.610. The van der Waals surface area contributed by atoms with Gasteiger partial charge in [0.25, 0.3) is 0 Å². The van der Waals surface area contributed by atoms with Gasteiger partial charge in [0.05, 0.1) is 0 Å². The SMILES string of the molecule is CC(C)c1cc(CN)cc(C2CC2)c1. The summed E-state index contributed by atoms with van der Waals surface area (Å²) < 4.78 is 0. The van der Waals surface area contributed by atoms with Gasteiger partial charge in [-0.1, -0.05) is 32.0 Å². The molecule has 0 radical (unpaired) electrons. The number of benzene rings is 1. The first kappa shape index (κ1) is 9.72. The van der Waals surface area contributed by atoms with Crippen molar-refractivity contribution < 1.29 is 0 Å². The maximum atomic E-state index is 5.71. The smallest absolute Gasteiger partial charge is 0.0178 e. The Kier molecular flexibility index (Phi) is 2.60. The molecule has 14 heavy (non-hydrogen) atoms. The van der Waals surface area contributed by atoms with Crippen molar-refractivity contribution in [3.8, 4) is 0 Å². The molecule has 1 aliphatic rings. The molecule has 0 bridgehead atoms. The predicted octanol–water partition coefficient (Wildman–Crippen LogP) is 3.15. The summed E-state index contributed by atoms with van der Waals surface area (Å²) in [7, 11) is 0. The fourth-order valence-electron chi connectivity index (χ4n) is 1.85. The van der Waals surface area contributed by atoms with Crippen LogP contribution in [-0.2, 0) is 6.54 Å². The number of nitrogens with two attached hydrogens (primary N) is 1. The van der Waals surface area contributed by atoms with E-state index in [-0.39, 0.29) is 0 Å². The average Bonchev–Trinajstić information content (AvgIpc) is 3.00. The van der Waals surface area contributed by atoms with Crippen molar-refractivity contribution in [3.05, 3.63) is 34.9 Å². The quantitative estimate of drug-likeness (QED) is 0.776. The van der Waals surface area contributed by atoms with E-state index in [9.17, 15) is 0 Å². The summed E-state index contributed by atoms with van der Waals surface area (Å²) in [5, 5.41) is 0. The molecule has 76 valence electrons. The van der Waals surface area contributed by atoms with Gasteiger partial charge in [-0.05, 0) is 41.4 Å². The standard InChI is InChI=1S/C13H19N/c1-9(2)12-5-10(8-14)6-13(7-12)11-3-4-11/h5-7,9,11H,3-4,8,14H2,1-2H3. The van der Waals surface area contributed by atoms with Crippen LogP contribution in [0.3, 0.4) is 0 Å². The van der Waals surface area contributed by atoms with Crippen LogP contribution in [0.15, 0.2) is 18.2 Å². The molecule has 0 aromatic heterocycles. The van der Waals surface area contributed by atoms with Crippen LogP contribution >= 0.6 is 0 Å². The van der Waals surface area contributed by atoms with E-state index in [2.05, 4.69) is 32.0 Å². The van der Waals surface area contributed by atoms with Gasteiger partial charge >= 0.3 is 0 Å². The topological polar surface area (TPSA) is 26.0 Å². The van der Waals surface area contributed by atoms with Crippen molar-refractivity contribution in [2.75, 3.05) is 0 Å². The molecular weight excluding hydrogens is 170 g/mol. The van der Waals surface area contributed by atoms with Crippen molar-refractivity contribution >= 4 is 0 Å². The Morgan fingerprint density at radius 2 is 2.00 bits per heavy atom. The van der Waals surface area contributed by atoms with Gasteiger partial charge in [0.15, 0.2) is 0 Å². The molecule has 0 aliphatic heterocycles. The summed E-state index contributed by atoms with van der Waals surface area (Å²) in [6, 6.07) is 6.89. The number of hydrogen-bond acceptors (Lipinski definition) is 1. The first-order chi connectivity index (χ1) is 6.70. The van der Waals surface area contributed by atoms with E-state index in [4.69, 9.17) is 5.73 Å². The van der Waals surface area contributed by atoms with E-state index in [1.54, 1.807) is 0 Å². The highest BCUT2D eigenvalue weighted by atomic mass is 14.5. The van der Waals surface area contributed by atoms with E-state index in [0.717, 1.165) is 5.92 Å². The van der Waals surface area contributed by atoms with Crippen molar-refractivity contribution in [3.63, 3.8) is 0 Å². The van der Waals surface area contributed by atoms with Gasteiger partial charge < -0.3 is 5.73 Å². The van der Waals surface area contributed by atoms with Gasteiger partial charge in [0.1, 0.15) is 0 Å². The average molecular weight is 189 g/mol. The number of hydrogen-bond donors (Lipinski definition) is 1. The van der Waals surface area contributed by atoms with Crippen LogP contribution in [0.1, 0.15) is 55.2 Å². The molecule has 1 heteroatoms. The lowest BCUT2D eigenvalue weighted by Gasteiger charge is -2.10. The van der Waals surface area contributed by atoms with Crippen molar-refractivity contribution in [1.82, 2.24) is 0 Å². The van der Waals surface area contributed by atoms with Gasteiger partial charge in [-0.15, -0.1) is 0 Å². The molecule has 0 saturated heterocycles. The molecule has 2 rings (SSSR count). The van der Waals surface area contributed by atoms with Crippen LogP contribution in [0.4, 0.5) is 0 Å². The molecule has 1 aromatic rings. The molecule has 0 amide bonds. The largest absolute Gasteiger partial charge is 0.326 e. The second kappa shape index (κ2) is 3.74. The summed E-state index contributed by atoms with van der Waals surface area (Å²) in [4.78, 5) is 0. The zero-order chi connectivity index (χ0) is 10.1. The highest BCUT2D eigenvalue weighted by molar-refractivity contribution is 5.35. The van der Waals surface area contributed by atoms with Gasteiger partial charge in [0, 0.05) is 6.54 Å². The van der Waals surface area contributed by atoms with Crippen molar-refractivity contribution in [2.45, 2.75) is 45.1 Å². The van der Waals surface area contributed by atoms with Crippen LogP contribution in [0.5, 0.6) is 0 Å². The van der Waals surface area contributed by atoms with Crippen LogP contribution in [0.2, 0.25) is 0 Å². The van der Waals surface area contributed by atoms with Crippen LogP contribution in [0.25, 0.3) is 0 Å². The Labute approximate surface area is 86.3 Å². The molecule has 0 unspecified atom stereocenters. The molecule has 0 spiro atoms. The zero-order valence-electron chi connectivity index (χ0n) is 9.09. The molecular formula is C13H19N. The van der Waals surface area contributed by atoms with Crippen molar-refractivity contribution in [1.29, 1.82) is 0 Å². The molecule has 1 fully saturated rings. The lowest BCUT2D eigenvalue weighted by atomic mass is 9.96. The Hall–Kier alpha value is -0.820. The minimum Gasteiger partial charge on any atom is -0.326 e. The third-order valence-corrected chi connectivity index (χ3v) is 2.99. The molecule has 1 nitrogen and oxygen atoms in total. The Balaban J connectivity index is 2.35.